The number of nitrogens with zero attached hydrogens (tertiary/aromatic N) is 2. The van der Waals surface area contributed by atoms with Gasteiger partial charge in [-0.2, -0.15) is 5.10 Å². The maximum absolute atomic E-state index is 11.5. The third-order valence-electron chi connectivity index (χ3n) is 2.77. The molecule has 1 heterocycles. The van der Waals surface area contributed by atoms with Crippen LogP contribution in [0.25, 0.3) is 0 Å². The molecule has 0 radical (unpaired) electrons. The van der Waals surface area contributed by atoms with Gasteiger partial charge in [-0.1, -0.05) is 11.6 Å². The number of nitrogens with two attached hydrogens (primary N) is 1. The lowest BCUT2D eigenvalue weighted by molar-refractivity contribution is 0.478. The Morgan fingerprint density at radius 1 is 1.41 bits per heavy atom. The Morgan fingerprint density at radius 2 is 1.94 bits per heavy atom. The molecule has 0 aromatic carbocycles. The number of rotatable bonds is 4. The van der Waals surface area contributed by atoms with Gasteiger partial charge >= 0.3 is 0 Å². The van der Waals surface area contributed by atoms with Crippen molar-refractivity contribution in [1.82, 2.24) is 9.78 Å². The second kappa shape index (κ2) is 4.96. The first-order valence-electron chi connectivity index (χ1n) is 5.33. The SMILES string of the molecule is CC(C)n1ncc(Cl)c1C(N)C(C)S(C)(=O)=O. The van der Waals surface area contributed by atoms with E-state index in [1.807, 2.05) is 13.8 Å². The minimum absolute atomic E-state index is 0.0790. The van der Waals surface area contributed by atoms with Crippen molar-refractivity contribution in [2.24, 2.45) is 5.73 Å². The molecular formula is C10H18ClN3O2S. The summed E-state index contributed by atoms with van der Waals surface area (Å²) in [6.45, 7) is 5.45. The second-order valence-corrected chi connectivity index (χ2v) is 7.29. The highest BCUT2D eigenvalue weighted by Crippen LogP contribution is 2.28. The lowest BCUT2D eigenvalue weighted by Crippen LogP contribution is -2.32. The molecule has 0 aliphatic heterocycles. The molecule has 5 nitrogen and oxygen atoms in total. The van der Waals surface area contributed by atoms with Crippen molar-refractivity contribution in [2.45, 2.75) is 38.1 Å². The van der Waals surface area contributed by atoms with Gasteiger partial charge < -0.3 is 5.73 Å². The van der Waals surface area contributed by atoms with E-state index in [9.17, 15) is 8.42 Å². The largest absolute Gasteiger partial charge is 0.322 e. The molecule has 0 amide bonds. The van der Waals surface area contributed by atoms with Gasteiger partial charge in [0.25, 0.3) is 0 Å². The fraction of sp³-hybridized carbons (Fsp3) is 0.700. The Labute approximate surface area is 107 Å². The van der Waals surface area contributed by atoms with Crippen molar-refractivity contribution in [3.05, 3.63) is 16.9 Å². The first-order valence-corrected chi connectivity index (χ1v) is 7.66. The summed E-state index contributed by atoms with van der Waals surface area (Å²) >= 11 is 6.02. The minimum Gasteiger partial charge on any atom is -0.322 e. The van der Waals surface area contributed by atoms with Crippen molar-refractivity contribution in [3.63, 3.8) is 0 Å². The van der Waals surface area contributed by atoms with Gasteiger partial charge in [0.15, 0.2) is 9.84 Å². The summed E-state index contributed by atoms with van der Waals surface area (Å²) in [6, 6.07) is -0.599. The van der Waals surface area contributed by atoms with Crippen LogP contribution < -0.4 is 5.73 Å². The van der Waals surface area contributed by atoms with Gasteiger partial charge in [-0.15, -0.1) is 0 Å². The van der Waals surface area contributed by atoms with Gasteiger partial charge in [0.1, 0.15) is 0 Å². The van der Waals surface area contributed by atoms with Crippen LogP contribution in [0.15, 0.2) is 6.20 Å². The van der Waals surface area contributed by atoms with E-state index >= 15 is 0 Å². The fourth-order valence-electron chi connectivity index (χ4n) is 1.56. The summed E-state index contributed by atoms with van der Waals surface area (Å²) < 4.78 is 24.7. The van der Waals surface area contributed by atoms with Crippen LogP contribution in [0.2, 0.25) is 5.02 Å². The predicted octanol–water partition coefficient (Wildman–Crippen LogP) is 1.55. The molecule has 1 aromatic rings. The van der Waals surface area contributed by atoms with Crippen molar-refractivity contribution in [3.8, 4) is 0 Å². The third-order valence-corrected chi connectivity index (χ3v) is 4.71. The monoisotopic (exact) mass is 279 g/mol. The van der Waals surface area contributed by atoms with E-state index in [4.69, 9.17) is 17.3 Å². The zero-order valence-electron chi connectivity index (χ0n) is 10.4. The van der Waals surface area contributed by atoms with Gasteiger partial charge in [-0.25, -0.2) is 8.42 Å². The Kier molecular flexibility index (Phi) is 4.22. The molecule has 1 rings (SSSR count). The van der Waals surface area contributed by atoms with Crippen LogP contribution >= 0.6 is 11.6 Å². The Balaban J connectivity index is 3.20. The maximum atomic E-state index is 11.5. The molecule has 0 bridgehead atoms. The smallest absolute Gasteiger partial charge is 0.151 e. The van der Waals surface area contributed by atoms with Crippen molar-refractivity contribution in [1.29, 1.82) is 0 Å². The summed E-state index contributed by atoms with van der Waals surface area (Å²) in [5.41, 5.74) is 6.55. The molecule has 2 unspecified atom stereocenters. The number of aromatic nitrogens is 2. The average molecular weight is 280 g/mol. The van der Waals surface area contributed by atoms with Crippen LogP contribution in [0.5, 0.6) is 0 Å². The van der Waals surface area contributed by atoms with Crippen LogP contribution in [-0.2, 0) is 9.84 Å². The van der Waals surface area contributed by atoms with E-state index in [0.717, 1.165) is 0 Å². The molecule has 0 saturated heterocycles. The highest BCUT2D eigenvalue weighted by molar-refractivity contribution is 7.91. The summed E-state index contributed by atoms with van der Waals surface area (Å²) in [5.74, 6) is 0. The van der Waals surface area contributed by atoms with Crippen molar-refractivity contribution in [2.75, 3.05) is 6.26 Å². The lowest BCUT2D eigenvalue weighted by atomic mass is 10.1. The quantitative estimate of drug-likeness (QED) is 0.907. The van der Waals surface area contributed by atoms with E-state index < -0.39 is 21.1 Å². The normalized spacial score (nSPS) is 16.2. The standard InChI is InChI=1S/C10H18ClN3O2S/c1-6(2)14-10(8(11)5-13-14)9(12)7(3)17(4,15)16/h5-7,9H,12H2,1-4H3. The molecule has 98 valence electrons. The highest BCUT2D eigenvalue weighted by atomic mass is 35.5. The van der Waals surface area contributed by atoms with Crippen LogP contribution in [0.4, 0.5) is 0 Å². The van der Waals surface area contributed by atoms with E-state index in [-0.39, 0.29) is 6.04 Å². The Morgan fingerprint density at radius 3 is 2.35 bits per heavy atom. The summed E-state index contributed by atoms with van der Waals surface area (Å²) in [4.78, 5) is 0. The van der Waals surface area contributed by atoms with Gasteiger partial charge in [0.2, 0.25) is 0 Å². The maximum Gasteiger partial charge on any atom is 0.151 e. The number of sulfone groups is 1. The van der Waals surface area contributed by atoms with Crippen LogP contribution in [0.3, 0.4) is 0 Å². The predicted molar refractivity (Wildman–Crippen MR) is 68.9 cm³/mol. The topological polar surface area (TPSA) is 78.0 Å². The molecule has 2 N–H and O–H groups in total. The first-order chi connectivity index (χ1) is 7.66. The van der Waals surface area contributed by atoms with E-state index in [0.29, 0.717) is 10.7 Å². The average Bonchev–Trinajstić information content (AvgIpc) is 2.56. The summed E-state index contributed by atoms with van der Waals surface area (Å²) in [7, 11) is -3.21. The van der Waals surface area contributed by atoms with E-state index in [2.05, 4.69) is 5.10 Å². The van der Waals surface area contributed by atoms with Gasteiger partial charge in [-0.3, -0.25) is 4.68 Å². The molecule has 0 fully saturated rings. The Bertz CT molecular complexity index is 496. The molecule has 1 aromatic heterocycles. The zero-order valence-corrected chi connectivity index (χ0v) is 12.0. The molecule has 7 heteroatoms. The molecule has 0 aliphatic rings. The Hall–Kier alpha value is -0.590. The third kappa shape index (κ3) is 3.00. The van der Waals surface area contributed by atoms with Crippen molar-refractivity contribution < 1.29 is 8.42 Å². The fourth-order valence-corrected chi connectivity index (χ4v) is 2.48. The molecule has 0 aliphatic carbocycles. The van der Waals surface area contributed by atoms with Gasteiger partial charge in [0.05, 0.1) is 28.2 Å². The number of hydrogen-bond donors (Lipinski definition) is 1. The van der Waals surface area contributed by atoms with Gasteiger partial charge in [0, 0.05) is 12.3 Å². The van der Waals surface area contributed by atoms with E-state index in [1.54, 1.807) is 11.6 Å². The number of hydrogen-bond acceptors (Lipinski definition) is 4. The highest BCUT2D eigenvalue weighted by Gasteiger charge is 2.29. The second-order valence-electron chi connectivity index (χ2n) is 4.48. The van der Waals surface area contributed by atoms with Crippen LogP contribution in [0, 0.1) is 0 Å². The van der Waals surface area contributed by atoms with Crippen LogP contribution in [-0.4, -0.2) is 29.7 Å². The zero-order chi connectivity index (χ0) is 13.4. The molecular weight excluding hydrogens is 262 g/mol. The summed E-state index contributed by atoms with van der Waals surface area (Å²) in [5, 5.41) is 3.82. The molecule has 0 spiro atoms. The molecule has 17 heavy (non-hydrogen) atoms. The summed E-state index contributed by atoms with van der Waals surface area (Å²) in [6.07, 6.45) is 2.66. The van der Waals surface area contributed by atoms with Crippen LogP contribution in [0.1, 0.15) is 38.5 Å². The first kappa shape index (κ1) is 14.5. The molecule has 2 atom stereocenters. The minimum atomic E-state index is -3.21. The van der Waals surface area contributed by atoms with Gasteiger partial charge in [-0.05, 0) is 20.8 Å². The number of halogens is 1. The van der Waals surface area contributed by atoms with Crippen molar-refractivity contribution >= 4 is 21.4 Å². The lowest BCUT2D eigenvalue weighted by Gasteiger charge is -2.21. The molecule has 0 saturated carbocycles. The van der Waals surface area contributed by atoms with E-state index in [1.165, 1.54) is 12.5 Å².